The van der Waals surface area contributed by atoms with Crippen LogP contribution in [0.1, 0.15) is 12.8 Å². The van der Waals surface area contributed by atoms with Crippen molar-refractivity contribution in [3.8, 4) is 0 Å². The first-order chi connectivity index (χ1) is 8.24. The number of hydrazine groups is 1. The van der Waals surface area contributed by atoms with Gasteiger partial charge >= 0.3 is 0 Å². The second-order valence-electron chi connectivity index (χ2n) is 3.96. The van der Waals surface area contributed by atoms with Gasteiger partial charge in [-0.1, -0.05) is 11.6 Å². The van der Waals surface area contributed by atoms with Crippen LogP contribution in [0.15, 0.2) is 6.20 Å². The van der Waals surface area contributed by atoms with Crippen LogP contribution in [0.4, 0.5) is 11.8 Å². The Balaban J connectivity index is 2.20. The van der Waals surface area contributed by atoms with Crippen LogP contribution in [0.3, 0.4) is 0 Å². The van der Waals surface area contributed by atoms with E-state index < -0.39 is 0 Å². The third-order valence-corrected chi connectivity index (χ3v) is 3.13. The lowest BCUT2D eigenvalue weighted by atomic mass is 10.1. The topological polar surface area (TPSA) is 76.3 Å². The van der Waals surface area contributed by atoms with Crippen molar-refractivity contribution >= 4 is 23.4 Å². The fourth-order valence-electron chi connectivity index (χ4n) is 1.97. The van der Waals surface area contributed by atoms with Crippen LogP contribution < -0.4 is 16.2 Å². The highest BCUT2D eigenvalue weighted by Crippen LogP contribution is 2.26. The lowest BCUT2D eigenvalue weighted by Crippen LogP contribution is -2.40. The largest absolute Gasteiger partial charge is 0.380 e. The molecule has 1 aliphatic heterocycles. The van der Waals surface area contributed by atoms with Crippen LogP contribution in [-0.2, 0) is 4.74 Å². The first kappa shape index (κ1) is 12.3. The number of halogens is 1. The van der Waals surface area contributed by atoms with E-state index in [1.807, 2.05) is 0 Å². The molecular formula is C10H16ClN5O. The molecule has 1 aromatic heterocycles. The molecule has 0 spiro atoms. The summed E-state index contributed by atoms with van der Waals surface area (Å²) in [5.74, 6) is 6.36. The molecule has 2 rings (SSSR count). The summed E-state index contributed by atoms with van der Waals surface area (Å²) in [6.45, 7) is 1.71. The molecule has 1 fully saturated rings. The third-order valence-electron chi connectivity index (χ3n) is 2.87. The van der Waals surface area contributed by atoms with Crippen molar-refractivity contribution in [3.05, 3.63) is 11.2 Å². The molecule has 0 aliphatic carbocycles. The van der Waals surface area contributed by atoms with Gasteiger partial charge in [-0.05, 0) is 12.8 Å². The van der Waals surface area contributed by atoms with Gasteiger partial charge in [0.15, 0.2) is 5.82 Å². The normalized spacial score (nSPS) is 20.4. The molecule has 0 saturated carbocycles. The molecular weight excluding hydrogens is 242 g/mol. The van der Waals surface area contributed by atoms with E-state index in [0.717, 1.165) is 25.9 Å². The zero-order valence-electron chi connectivity index (χ0n) is 9.69. The van der Waals surface area contributed by atoms with Gasteiger partial charge in [0.1, 0.15) is 5.02 Å². The number of rotatable bonds is 3. The highest BCUT2D eigenvalue weighted by molar-refractivity contribution is 6.32. The maximum atomic E-state index is 6.10. The molecule has 94 valence electrons. The molecule has 1 saturated heterocycles. The fraction of sp³-hybridized carbons (Fsp3) is 0.600. The minimum absolute atomic E-state index is 0.226. The smallest absolute Gasteiger partial charge is 0.239 e. The quantitative estimate of drug-likeness (QED) is 0.622. The van der Waals surface area contributed by atoms with Crippen molar-refractivity contribution in [2.75, 3.05) is 30.5 Å². The summed E-state index contributed by atoms with van der Waals surface area (Å²) in [6.07, 6.45) is 3.90. The monoisotopic (exact) mass is 257 g/mol. The first-order valence-corrected chi connectivity index (χ1v) is 5.89. The van der Waals surface area contributed by atoms with Gasteiger partial charge in [0.2, 0.25) is 5.95 Å². The highest BCUT2D eigenvalue weighted by Gasteiger charge is 2.22. The summed E-state index contributed by atoms with van der Waals surface area (Å²) in [4.78, 5) is 10.3. The third kappa shape index (κ3) is 2.77. The number of nitrogen functional groups attached to an aromatic ring is 1. The van der Waals surface area contributed by atoms with Gasteiger partial charge in [-0.25, -0.2) is 10.8 Å². The second-order valence-corrected chi connectivity index (χ2v) is 4.36. The van der Waals surface area contributed by atoms with Gasteiger partial charge in [0.05, 0.1) is 12.3 Å². The summed E-state index contributed by atoms with van der Waals surface area (Å²) < 4.78 is 5.37. The molecule has 6 nitrogen and oxygen atoms in total. The van der Waals surface area contributed by atoms with Crippen LogP contribution in [0, 0.1) is 0 Å². The molecule has 0 aromatic carbocycles. The molecule has 17 heavy (non-hydrogen) atoms. The number of nitrogens with one attached hydrogen (secondary N) is 1. The second kappa shape index (κ2) is 5.48. The maximum Gasteiger partial charge on any atom is 0.239 e. The summed E-state index contributed by atoms with van der Waals surface area (Å²) in [7, 11) is 1.72. The van der Waals surface area contributed by atoms with Crippen LogP contribution in [-0.4, -0.2) is 36.3 Å². The first-order valence-electron chi connectivity index (χ1n) is 5.51. The number of aromatic nitrogens is 2. The average Bonchev–Trinajstić information content (AvgIpc) is 2.39. The van der Waals surface area contributed by atoms with E-state index in [-0.39, 0.29) is 6.10 Å². The van der Waals surface area contributed by atoms with Gasteiger partial charge in [-0.15, -0.1) is 0 Å². The Labute approximate surface area is 105 Å². The van der Waals surface area contributed by atoms with Crippen molar-refractivity contribution < 1.29 is 4.74 Å². The Bertz CT molecular complexity index is 389. The number of nitrogens with zero attached hydrogens (tertiary/aromatic N) is 3. The molecule has 3 N–H and O–H groups in total. The van der Waals surface area contributed by atoms with E-state index >= 15 is 0 Å². The van der Waals surface area contributed by atoms with Crippen LogP contribution >= 0.6 is 11.6 Å². The SMILES string of the molecule is COC1CCCN(c2nc(NN)ncc2Cl)C1. The molecule has 0 radical (unpaired) electrons. The van der Waals surface area contributed by atoms with Crippen LogP contribution in [0.2, 0.25) is 5.02 Å². The van der Waals surface area contributed by atoms with Crippen molar-refractivity contribution in [1.29, 1.82) is 0 Å². The summed E-state index contributed by atoms with van der Waals surface area (Å²) in [5.41, 5.74) is 2.42. The maximum absolute atomic E-state index is 6.10. The average molecular weight is 258 g/mol. The zero-order valence-corrected chi connectivity index (χ0v) is 10.4. The predicted molar refractivity (Wildman–Crippen MR) is 67.1 cm³/mol. The summed E-state index contributed by atoms with van der Waals surface area (Å²) in [5, 5.41) is 0.528. The Kier molecular flexibility index (Phi) is 3.98. The Morgan fingerprint density at radius 2 is 2.47 bits per heavy atom. The number of methoxy groups -OCH3 is 1. The number of anilines is 2. The molecule has 1 atom stereocenters. The number of hydrogen-bond donors (Lipinski definition) is 2. The zero-order chi connectivity index (χ0) is 12.3. The predicted octanol–water partition coefficient (Wildman–Crippen LogP) is 1.03. The van der Waals surface area contributed by atoms with Crippen molar-refractivity contribution in [2.24, 2.45) is 5.84 Å². The van der Waals surface area contributed by atoms with Gasteiger partial charge in [0, 0.05) is 20.2 Å². The van der Waals surface area contributed by atoms with Crippen molar-refractivity contribution in [1.82, 2.24) is 9.97 Å². The minimum atomic E-state index is 0.226. The summed E-state index contributed by atoms with van der Waals surface area (Å²) in [6, 6.07) is 0. The standard InChI is InChI=1S/C10H16ClN5O/c1-17-7-3-2-4-16(6-7)9-8(11)5-13-10(14-9)15-12/h5,7H,2-4,6,12H2,1H3,(H,13,14,15). The minimum Gasteiger partial charge on any atom is -0.380 e. The number of piperidine rings is 1. The number of ether oxygens (including phenoxy) is 1. The van der Waals surface area contributed by atoms with Crippen LogP contribution in [0.5, 0.6) is 0 Å². The molecule has 0 amide bonds. The Morgan fingerprint density at radius 1 is 1.65 bits per heavy atom. The molecule has 0 bridgehead atoms. The number of hydrogen-bond acceptors (Lipinski definition) is 6. The van der Waals surface area contributed by atoms with E-state index in [4.69, 9.17) is 22.2 Å². The molecule has 2 heterocycles. The Hall–Kier alpha value is -1.11. The van der Waals surface area contributed by atoms with Gasteiger partial charge in [-0.2, -0.15) is 4.98 Å². The lowest BCUT2D eigenvalue weighted by Gasteiger charge is -2.33. The van der Waals surface area contributed by atoms with Crippen molar-refractivity contribution in [3.63, 3.8) is 0 Å². The fourth-order valence-corrected chi connectivity index (χ4v) is 2.18. The molecule has 1 aromatic rings. The molecule has 7 heteroatoms. The van der Waals surface area contributed by atoms with Gasteiger partial charge in [0.25, 0.3) is 0 Å². The van der Waals surface area contributed by atoms with E-state index in [1.165, 1.54) is 0 Å². The van der Waals surface area contributed by atoms with E-state index in [1.54, 1.807) is 13.3 Å². The van der Waals surface area contributed by atoms with Gasteiger partial charge in [-0.3, -0.25) is 5.43 Å². The highest BCUT2D eigenvalue weighted by atomic mass is 35.5. The van der Waals surface area contributed by atoms with Crippen LogP contribution in [0.25, 0.3) is 0 Å². The number of nitrogens with two attached hydrogens (primary N) is 1. The van der Waals surface area contributed by atoms with E-state index in [0.29, 0.717) is 16.8 Å². The van der Waals surface area contributed by atoms with Crippen molar-refractivity contribution in [2.45, 2.75) is 18.9 Å². The molecule has 1 unspecified atom stereocenters. The lowest BCUT2D eigenvalue weighted by molar-refractivity contribution is 0.0891. The van der Waals surface area contributed by atoms with E-state index in [9.17, 15) is 0 Å². The summed E-state index contributed by atoms with van der Waals surface area (Å²) >= 11 is 6.10. The van der Waals surface area contributed by atoms with E-state index in [2.05, 4.69) is 20.3 Å². The molecule has 1 aliphatic rings. The van der Waals surface area contributed by atoms with Gasteiger partial charge < -0.3 is 9.64 Å². The Morgan fingerprint density at radius 3 is 3.18 bits per heavy atom.